The quantitative estimate of drug-likeness (QED) is 0.779. The molecule has 2 rings (SSSR count). The van der Waals surface area contributed by atoms with Gasteiger partial charge < -0.3 is 20.5 Å². The highest BCUT2D eigenvalue weighted by atomic mass is 16.5. The number of benzene rings is 1. The number of amides is 1. The van der Waals surface area contributed by atoms with Crippen LogP contribution < -0.4 is 10.6 Å². The molecular weight excluding hydrogens is 256 g/mol. The van der Waals surface area contributed by atoms with Gasteiger partial charge in [0.05, 0.1) is 12.1 Å². The topological polar surface area (TPSA) is 70.6 Å². The number of hydrogen-bond donors (Lipinski definition) is 3. The minimum atomic E-state index is -0.571. The number of nitrogens with one attached hydrogen (secondary N) is 2. The Kier molecular flexibility index (Phi) is 5.38. The number of alkyl carbamates (subject to hydrolysis) is 1. The summed E-state index contributed by atoms with van der Waals surface area (Å²) in [5.41, 5.74) is 0.944. The molecule has 3 N–H and O–H groups in total. The molecule has 0 saturated heterocycles. The summed E-state index contributed by atoms with van der Waals surface area (Å²) in [4.78, 5) is 11.8. The molecule has 0 radical (unpaired) electrons. The summed E-state index contributed by atoms with van der Waals surface area (Å²) in [5.74, 6) is 0. The lowest BCUT2D eigenvalue weighted by atomic mass is 9.88. The Balaban J connectivity index is 1.79. The van der Waals surface area contributed by atoms with Crippen LogP contribution in [-0.2, 0) is 11.3 Å². The second-order valence-electron chi connectivity index (χ2n) is 5.13. The van der Waals surface area contributed by atoms with Crippen LogP contribution in [0.1, 0.15) is 24.8 Å². The first-order valence-corrected chi connectivity index (χ1v) is 7.03. The smallest absolute Gasteiger partial charge is 0.407 e. The molecule has 0 unspecified atom stereocenters. The van der Waals surface area contributed by atoms with Gasteiger partial charge in [-0.05, 0) is 31.9 Å². The van der Waals surface area contributed by atoms with Crippen molar-refractivity contribution in [2.45, 2.75) is 44.1 Å². The van der Waals surface area contributed by atoms with Crippen LogP contribution in [0.2, 0.25) is 0 Å². The lowest BCUT2D eigenvalue weighted by Crippen LogP contribution is -2.54. The summed E-state index contributed by atoms with van der Waals surface area (Å²) in [6, 6.07) is 9.31. The fraction of sp³-hybridized carbons (Fsp3) is 0.533. The van der Waals surface area contributed by atoms with Crippen LogP contribution in [0.15, 0.2) is 30.3 Å². The highest BCUT2D eigenvalue weighted by Gasteiger charge is 2.32. The molecule has 0 spiro atoms. The number of hydrogen-bond acceptors (Lipinski definition) is 4. The summed E-state index contributed by atoms with van der Waals surface area (Å²) < 4.78 is 5.17. The first-order valence-electron chi connectivity index (χ1n) is 7.03. The van der Waals surface area contributed by atoms with E-state index in [1.54, 1.807) is 0 Å². The van der Waals surface area contributed by atoms with Crippen LogP contribution in [0.3, 0.4) is 0 Å². The van der Waals surface area contributed by atoms with E-state index < -0.39 is 12.2 Å². The number of aliphatic hydroxyl groups is 1. The summed E-state index contributed by atoms with van der Waals surface area (Å²) >= 11 is 0. The third-order valence-corrected chi connectivity index (χ3v) is 3.74. The number of carbonyl (C=O) groups is 1. The SMILES string of the molecule is CN[C@H]1CCC[C@H](NC(=O)OCc2ccccc2)[C@@H]1O. The molecule has 5 heteroatoms. The first-order chi connectivity index (χ1) is 9.70. The van der Waals surface area contributed by atoms with E-state index in [2.05, 4.69) is 10.6 Å². The van der Waals surface area contributed by atoms with Gasteiger partial charge in [-0.25, -0.2) is 4.79 Å². The van der Waals surface area contributed by atoms with Gasteiger partial charge in [-0.3, -0.25) is 0 Å². The molecule has 1 amide bonds. The average molecular weight is 278 g/mol. The van der Waals surface area contributed by atoms with E-state index in [4.69, 9.17) is 4.74 Å². The van der Waals surface area contributed by atoms with E-state index in [1.165, 1.54) is 0 Å². The maximum atomic E-state index is 11.8. The summed E-state index contributed by atoms with van der Waals surface area (Å²) in [6.07, 6.45) is 1.63. The van der Waals surface area contributed by atoms with Gasteiger partial charge in [-0.1, -0.05) is 30.3 Å². The zero-order valence-corrected chi connectivity index (χ0v) is 11.7. The van der Waals surface area contributed by atoms with Crippen molar-refractivity contribution in [3.63, 3.8) is 0 Å². The van der Waals surface area contributed by atoms with E-state index in [-0.39, 0.29) is 18.7 Å². The van der Waals surface area contributed by atoms with Gasteiger partial charge in [0.1, 0.15) is 6.61 Å². The van der Waals surface area contributed by atoms with Crippen LogP contribution in [-0.4, -0.2) is 36.4 Å². The largest absolute Gasteiger partial charge is 0.445 e. The van der Waals surface area contributed by atoms with E-state index in [1.807, 2.05) is 37.4 Å². The fourth-order valence-electron chi connectivity index (χ4n) is 2.57. The highest BCUT2D eigenvalue weighted by molar-refractivity contribution is 5.67. The van der Waals surface area contributed by atoms with Crippen molar-refractivity contribution < 1.29 is 14.6 Å². The predicted octanol–water partition coefficient (Wildman–Crippen LogP) is 1.41. The van der Waals surface area contributed by atoms with E-state index in [9.17, 15) is 9.90 Å². The molecule has 3 atom stereocenters. The number of rotatable bonds is 4. The normalized spacial score (nSPS) is 26.0. The Labute approximate surface area is 119 Å². The summed E-state index contributed by atoms with van der Waals surface area (Å²) in [7, 11) is 1.82. The molecular formula is C15H22N2O3. The zero-order valence-electron chi connectivity index (χ0n) is 11.7. The summed E-state index contributed by atoms with van der Waals surface area (Å²) in [6.45, 7) is 0.241. The molecule has 0 aliphatic heterocycles. The number of ether oxygens (including phenoxy) is 1. The van der Waals surface area contributed by atoms with Crippen molar-refractivity contribution in [2.75, 3.05) is 7.05 Å². The highest BCUT2D eigenvalue weighted by Crippen LogP contribution is 2.19. The second kappa shape index (κ2) is 7.26. The Morgan fingerprint density at radius 1 is 1.30 bits per heavy atom. The molecule has 0 heterocycles. The molecule has 5 nitrogen and oxygen atoms in total. The van der Waals surface area contributed by atoms with Gasteiger partial charge in [0.2, 0.25) is 0 Å². The molecule has 1 aromatic rings. The van der Waals surface area contributed by atoms with Gasteiger partial charge in [0.25, 0.3) is 0 Å². The Morgan fingerprint density at radius 2 is 2.00 bits per heavy atom. The van der Waals surface area contributed by atoms with Crippen LogP contribution in [0.4, 0.5) is 4.79 Å². The standard InChI is InChI=1S/C15H22N2O3/c1-16-12-8-5-9-13(14(12)18)17-15(19)20-10-11-6-3-2-4-7-11/h2-4,6-7,12-14,16,18H,5,8-10H2,1H3,(H,17,19)/t12-,13-,14+/m0/s1. The molecule has 0 aromatic heterocycles. The van der Waals surface area contributed by atoms with Crippen molar-refractivity contribution in [3.05, 3.63) is 35.9 Å². The van der Waals surface area contributed by atoms with Crippen LogP contribution >= 0.6 is 0 Å². The van der Waals surface area contributed by atoms with E-state index in [0.717, 1.165) is 24.8 Å². The van der Waals surface area contributed by atoms with Crippen molar-refractivity contribution in [1.29, 1.82) is 0 Å². The summed E-state index contributed by atoms with van der Waals surface area (Å²) in [5, 5.41) is 16.0. The molecule has 20 heavy (non-hydrogen) atoms. The lowest BCUT2D eigenvalue weighted by molar-refractivity contribution is 0.0541. The maximum absolute atomic E-state index is 11.8. The number of likely N-dealkylation sites (N-methyl/N-ethyl adjacent to an activating group) is 1. The van der Waals surface area contributed by atoms with Gasteiger partial charge in [-0.2, -0.15) is 0 Å². The third kappa shape index (κ3) is 3.95. The number of carbonyl (C=O) groups excluding carboxylic acids is 1. The first kappa shape index (κ1) is 14.8. The van der Waals surface area contributed by atoms with Crippen molar-refractivity contribution in [1.82, 2.24) is 10.6 Å². The van der Waals surface area contributed by atoms with Gasteiger partial charge >= 0.3 is 6.09 Å². The van der Waals surface area contributed by atoms with Gasteiger partial charge in [-0.15, -0.1) is 0 Å². The second-order valence-corrected chi connectivity index (χ2v) is 5.13. The predicted molar refractivity (Wildman–Crippen MR) is 76.3 cm³/mol. The van der Waals surface area contributed by atoms with Crippen LogP contribution in [0, 0.1) is 0 Å². The molecule has 1 saturated carbocycles. The van der Waals surface area contributed by atoms with Gasteiger partial charge in [0.15, 0.2) is 0 Å². The van der Waals surface area contributed by atoms with Gasteiger partial charge in [0, 0.05) is 6.04 Å². The van der Waals surface area contributed by atoms with Crippen LogP contribution in [0.25, 0.3) is 0 Å². The third-order valence-electron chi connectivity index (χ3n) is 3.74. The van der Waals surface area contributed by atoms with E-state index >= 15 is 0 Å². The maximum Gasteiger partial charge on any atom is 0.407 e. The van der Waals surface area contributed by atoms with E-state index in [0.29, 0.717) is 0 Å². The minimum absolute atomic E-state index is 0.0307. The molecule has 0 bridgehead atoms. The molecule has 1 fully saturated rings. The molecule has 1 aromatic carbocycles. The zero-order chi connectivity index (χ0) is 14.4. The lowest BCUT2D eigenvalue weighted by Gasteiger charge is -2.34. The van der Waals surface area contributed by atoms with Crippen LogP contribution in [0.5, 0.6) is 0 Å². The number of aliphatic hydroxyl groups excluding tert-OH is 1. The monoisotopic (exact) mass is 278 g/mol. The Morgan fingerprint density at radius 3 is 2.70 bits per heavy atom. The molecule has 1 aliphatic carbocycles. The molecule has 1 aliphatic rings. The minimum Gasteiger partial charge on any atom is -0.445 e. The van der Waals surface area contributed by atoms with Crippen molar-refractivity contribution in [3.8, 4) is 0 Å². The van der Waals surface area contributed by atoms with Crippen molar-refractivity contribution in [2.24, 2.45) is 0 Å². The molecule has 110 valence electrons. The Hall–Kier alpha value is -1.59. The van der Waals surface area contributed by atoms with Crippen molar-refractivity contribution >= 4 is 6.09 Å². The average Bonchev–Trinajstić information content (AvgIpc) is 2.48. The fourth-order valence-corrected chi connectivity index (χ4v) is 2.57. The Bertz CT molecular complexity index is 424.